The third-order valence-corrected chi connectivity index (χ3v) is 4.84. The van der Waals surface area contributed by atoms with Crippen molar-refractivity contribution >= 4 is 27.8 Å². The largest absolute Gasteiger partial charge is 0.230 e. The monoisotopic (exact) mass is 324 g/mol. The van der Waals surface area contributed by atoms with E-state index in [1.165, 1.54) is 16.2 Å². The fourth-order valence-electron chi connectivity index (χ4n) is 1.88. The van der Waals surface area contributed by atoms with Crippen LogP contribution in [-0.4, -0.2) is 4.98 Å². The molecule has 0 amide bonds. The predicted octanol–water partition coefficient (Wildman–Crippen LogP) is 5.59. The summed E-state index contributed by atoms with van der Waals surface area (Å²) in [6.07, 6.45) is 0. The van der Waals surface area contributed by atoms with Crippen LogP contribution in [0.4, 0.5) is 5.13 Å². The van der Waals surface area contributed by atoms with Gasteiger partial charge in [0.25, 0.3) is 0 Å². The lowest BCUT2D eigenvalue weighted by Gasteiger charge is -1.98. The number of nitriles is 1. The van der Waals surface area contributed by atoms with Gasteiger partial charge in [0.1, 0.15) is 6.04 Å². The van der Waals surface area contributed by atoms with E-state index in [0.29, 0.717) is 10.7 Å². The number of thiazole rings is 1. The molecule has 0 spiro atoms. The molecule has 0 aliphatic heterocycles. The highest BCUT2D eigenvalue weighted by molar-refractivity contribution is 7.13. The molecule has 0 saturated heterocycles. The van der Waals surface area contributed by atoms with Gasteiger partial charge in [-0.15, -0.1) is 27.8 Å². The molecule has 4 nitrogen and oxygen atoms in total. The second-order valence-electron chi connectivity index (χ2n) is 4.61. The van der Waals surface area contributed by atoms with Crippen molar-refractivity contribution in [3.63, 3.8) is 0 Å². The van der Waals surface area contributed by atoms with E-state index in [2.05, 4.69) is 27.3 Å². The second-order valence-corrected chi connectivity index (χ2v) is 6.43. The number of hydrogen-bond donors (Lipinski definition) is 0. The summed E-state index contributed by atoms with van der Waals surface area (Å²) in [7, 11) is 0. The van der Waals surface area contributed by atoms with Crippen molar-refractivity contribution in [2.24, 2.45) is 10.2 Å². The minimum atomic E-state index is 0.0438. The first-order valence-electron chi connectivity index (χ1n) is 6.66. The summed E-state index contributed by atoms with van der Waals surface area (Å²) in [6, 6.07) is 13.6. The molecule has 22 heavy (non-hydrogen) atoms. The molecule has 3 rings (SSSR count). The molecule has 1 atom stereocenters. The number of nitrogens with zero attached hydrogens (tertiary/aromatic N) is 4. The molecule has 2 heterocycles. The molecular formula is C16H12N4S2. The topological polar surface area (TPSA) is 61.4 Å². The van der Waals surface area contributed by atoms with E-state index in [1.807, 2.05) is 35.9 Å². The Morgan fingerprint density at radius 2 is 2.00 bits per heavy atom. The van der Waals surface area contributed by atoms with Crippen LogP contribution in [-0.2, 0) is 0 Å². The van der Waals surface area contributed by atoms with Gasteiger partial charge in [-0.3, -0.25) is 0 Å². The van der Waals surface area contributed by atoms with Crippen LogP contribution in [0.2, 0.25) is 0 Å². The molecule has 0 saturated carbocycles. The molecule has 0 radical (unpaired) electrons. The summed E-state index contributed by atoms with van der Waals surface area (Å²) in [5, 5.41) is 22.0. The van der Waals surface area contributed by atoms with Crippen molar-refractivity contribution in [1.29, 1.82) is 5.26 Å². The molecular weight excluding hydrogens is 312 g/mol. The molecule has 0 aliphatic carbocycles. The van der Waals surface area contributed by atoms with E-state index in [0.717, 1.165) is 11.3 Å². The zero-order valence-corrected chi connectivity index (χ0v) is 13.4. The smallest absolute Gasteiger partial charge is 0.217 e. The fourth-order valence-corrected chi connectivity index (χ4v) is 3.25. The van der Waals surface area contributed by atoms with Gasteiger partial charge in [0.2, 0.25) is 5.13 Å². The van der Waals surface area contributed by atoms with Gasteiger partial charge in [-0.05, 0) is 30.5 Å². The van der Waals surface area contributed by atoms with Crippen molar-refractivity contribution in [2.45, 2.75) is 13.0 Å². The molecule has 1 unspecified atom stereocenters. The SMILES string of the molecule is CC(N=Nc1nc(-c2ccc(C#N)cc2)cs1)c1cccs1. The van der Waals surface area contributed by atoms with Gasteiger partial charge in [-0.25, -0.2) is 4.98 Å². The third-order valence-electron chi connectivity index (χ3n) is 3.07. The van der Waals surface area contributed by atoms with Crippen LogP contribution in [0.5, 0.6) is 0 Å². The Bertz CT molecular complexity index is 811. The Balaban J connectivity index is 1.74. The van der Waals surface area contributed by atoms with Crippen LogP contribution in [0.1, 0.15) is 23.4 Å². The van der Waals surface area contributed by atoms with Crippen LogP contribution in [0.15, 0.2) is 57.4 Å². The van der Waals surface area contributed by atoms with E-state index in [4.69, 9.17) is 5.26 Å². The maximum Gasteiger partial charge on any atom is 0.230 e. The van der Waals surface area contributed by atoms with Gasteiger partial charge in [0.05, 0.1) is 17.3 Å². The lowest BCUT2D eigenvalue weighted by Crippen LogP contribution is -1.82. The first-order valence-corrected chi connectivity index (χ1v) is 8.42. The van der Waals surface area contributed by atoms with Crippen molar-refractivity contribution in [3.05, 3.63) is 57.6 Å². The lowest BCUT2D eigenvalue weighted by atomic mass is 10.1. The van der Waals surface area contributed by atoms with E-state index in [1.54, 1.807) is 23.5 Å². The van der Waals surface area contributed by atoms with Crippen molar-refractivity contribution in [2.75, 3.05) is 0 Å². The number of thiophene rings is 1. The van der Waals surface area contributed by atoms with Gasteiger partial charge >= 0.3 is 0 Å². The van der Waals surface area contributed by atoms with Crippen LogP contribution in [0, 0.1) is 11.3 Å². The molecule has 0 aliphatic rings. The quantitative estimate of drug-likeness (QED) is 0.587. The Kier molecular flexibility index (Phi) is 4.37. The van der Waals surface area contributed by atoms with Crippen LogP contribution < -0.4 is 0 Å². The Morgan fingerprint density at radius 3 is 2.68 bits per heavy atom. The summed E-state index contributed by atoms with van der Waals surface area (Å²) in [4.78, 5) is 5.66. The van der Waals surface area contributed by atoms with Gasteiger partial charge in [0, 0.05) is 15.8 Å². The zero-order valence-electron chi connectivity index (χ0n) is 11.8. The highest BCUT2D eigenvalue weighted by Gasteiger charge is 2.06. The second kappa shape index (κ2) is 6.60. The van der Waals surface area contributed by atoms with Crippen LogP contribution in [0.3, 0.4) is 0 Å². The normalized spacial score (nSPS) is 12.4. The average molecular weight is 324 g/mol. The van der Waals surface area contributed by atoms with Crippen LogP contribution in [0.25, 0.3) is 11.3 Å². The molecule has 3 aromatic rings. The Labute approximate surface area is 136 Å². The van der Waals surface area contributed by atoms with Gasteiger partial charge in [-0.2, -0.15) is 10.4 Å². The fraction of sp³-hybridized carbons (Fsp3) is 0.125. The van der Waals surface area contributed by atoms with Gasteiger partial charge < -0.3 is 0 Å². The number of azo groups is 1. The van der Waals surface area contributed by atoms with Gasteiger partial charge in [-0.1, -0.05) is 18.2 Å². The third kappa shape index (κ3) is 3.27. The van der Waals surface area contributed by atoms with Crippen LogP contribution >= 0.6 is 22.7 Å². The molecule has 2 aromatic heterocycles. The number of rotatable bonds is 4. The highest BCUT2D eigenvalue weighted by atomic mass is 32.1. The van der Waals surface area contributed by atoms with E-state index >= 15 is 0 Å². The summed E-state index contributed by atoms with van der Waals surface area (Å²) in [6.45, 7) is 2.02. The minimum absolute atomic E-state index is 0.0438. The molecule has 0 bridgehead atoms. The van der Waals surface area contributed by atoms with Gasteiger partial charge in [0.15, 0.2) is 0 Å². The van der Waals surface area contributed by atoms with E-state index in [-0.39, 0.29) is 6.04 Å². The maximum absolute atomic E-state index is 8.81. The summed E-state index contributed by atoms with van der Waals surface area (Å²) in [5.74, 6) is 0. The summed E-state index contributed by atoms with van der Waals surface area (Å²) in [5.41, 5.74) is 2.47. The molecule has 6 heteroatoms. The first kappa shape index (κ1) is 14.6. The summed E-state index contributed by atoms with van der Waals surface area (Å²) >= 11 is 3.14. The standard InChI is InChI=1S/C16H12N4S2/c1-11(15-3-2-8-21-15)19-20-16-18-14(10-22-16)13-6-4-12(9-17)5-7-13/h2-8,10-11H,1H3. The predicted molar refractivity (Wildman–Crippen MR) is 89.5 cm³/mol. The van der Waals surface area contributed by atoms with E-state index in [9.17, 15) is 0 Å². The summed E-state index contributed by atoms with van der Waals surface area (Å²) < 4.78 is 0. The maximum atomic E-state index is 8.81. The average Bonchev–Trinajstić information content (AvgIpc) is 3.24. The highest BCUT2D eigenvalue weighted by Crippen LogP contribution is 2.29. The van der Waals surface area contributed by atoms with E-state index < -0.39 is 0 Å². The molecule has 1 aromatic carbocycles. The Morgan fingerprint density at radius 1 is 1.18 bits per heavy atom. The zero-order chi connectivity index (χ0) is 15.4. The van der Waals surface area contributed by atoms with Crippen molar-refractivity contribution in [3.8, 4) is 17.3 Å². The van der Waals surface area contributed by atoms with Crippen molar-refractivity contribution < 1.29 is 0 Å². The number of benzene rings is 1. The number of aromatic nitrogens is 1. The first-order chi connectivity index (χ1) is 10.8. The molecule has 0 fully saturated rings. The molecule has 0 N–H and O–H groups in total. The Hall–Kier alpha value is -2.36. The van der Waals surface area contributed by atoms with Crippen molar-refractivity contribution in [1.82, 2.24) is 4.98 Å². The molecule has 108 valence electrons. The number of hydrogen-bond acceptors (Lipinski definition) is 6. The minimum Gasteiger partial charge on any atom is -0.217 e. The lowest BCUT2D eigenvalue weighted by molar-refractivity contribution is 0.778.